The van der Waals surface area contributed by atoms with Gasteiger partial charge in [0.25, 0.3) is 0 Å². The lowest BCUT2D eigenvalue weighted by Gasteiger charge is -2.34. The molecule has 122 valence electrons. The van der Waals surface area contributed by atoms with Crippen LogP contribution in [0.5, 0.6) is 0 Å². The second kappa shape index (κ2) is 7.31. The first-order valence-electron chi connectivity index (χ1n) is 7.65. The van der Waals surface area contributed by atoms with Gasteiger partial charge < -0.3 is 10.2 Å². The maximum Gasteiger partial charge on any atom is 0.0468 e. The molecule has 1 aliphatic heterocycles. The first-order valence-corrected chi connectivity index (χ1v) is 8.94. The average Bonchev–Trinajstić information content (AvgIpc) is 2.53. The van der Waals surface area contributed by atoms with Gasteiger partial charge in [-0.25, -0.2) is 0 Å². The number of halogens is 3. The molecule has 0 fully saturated rings. The number of hydrogen-bond acceptors (Lipinski definition) is 2. The molecule has 1 heterocycles. The summed E-state index contributed by atoms with van der Waals surface area (Å²) in [7, 11) is 2.12. The van der Waals surface area contributed by atoms with Crippen molar-refractivity contribution < 1.29 is 0 Å². The number of fused-ring (bicyclic) bond motifs is 1. The minimum Gasteiger partial charge on any atom is -0.384 e. The summed E-state index contributed by atoms with van der Waals surface area (Å²) in [5, 5.41) is 4.85. The monoisotopic (exact) mass is 368 g/mol. The van der Waals surface area contributed by atoms with Crippen LogP contribution in [0.15, 0.2) is 36.4 Å². The topological polar surface area (TPSA) is 15.3 Å². The van der Waals surface area contributed by atoms with E-state index >= 15 is 0 Å². The third-order valence-corrected chi connectivity index (χ3v) is 4.98. The summed E-state index contributed by atoms with van der Waals surface area (Å²) < 4.78 is 0. The van der Waals surface area contributed by atoms with Gasteiger partial charge in [0.1, 0.15) is 0 Å². The Morgan fingerprint density at radius 2 is 1.96 bits per heavy atom. The summed E-state index contributed by atoms with van der Waals surface area (Å²) in [6.45, 7) is 2.52. The molecule has 1 N–H and O–H groups in total. The molecular weight excluding hydrogens is 351 g/mol. The Morgan fingerprint density at radius 3 is 2.74 bits per heavy atom. The van der Waals surface area contributed by atoms with Crippen LogP contribution in [0.1, 0.15) is 22.6 Å². The highest BCUT2D eigenvalue weighted by Crippen LogP contribution is 2.40. The first kappa shape index (κ1) is 16.9. The van der Waals surface area contributed by atoms with Crippen LogP contribution >= 0.6 is 34.8 Å². The molecule has 0 saturated carbocycles. The number of hydrogen-bond donors (Lipinski definition) is 1. The van der Waals surface area contributed by atoms with Crippen LogP contribution < -0.4 is 5.32 Å². The molecule has 0 amide bonds. The molecule has 0 saturated heterocycles. The minimum absolute atomic E-state index is 0.235. The van der Waals surface area contributed by atoms with Gasteiger partial charge in [-0.2, -0.15) is 0 Å². The van der Waals surface area contributed by atoms with Crippen molar-refractivity contribution in [3.8, 4) is 0 Å². The Kier molecular flexibility index (Phi) is 5.38. The van der Waals surface area contributed by atoms with Crippen molar-refractivity contribution >= 4 is 40.5 Å². The molecule has 0 aromatic heterocycles. The lowest BCUT2D eigenvalue weighted by atomic mass is 9.84. The fourth-order valence-electron chi connectivity index (χ4n) is 3.26. The number of likely N-dealkylation sites (N-methyl/N-ethyl adjacent to an activating group) is 1. The highest BCUT2D eigenvalue weighted by Gasteiger charge is 2.28. The molecule has 1 atom stereocenters. The van der Waals surface area contributed by atoms with E-state index in [2.05, 4.69) is 41.5 Å². The number of anilines is 1. The van der Waals surface area contributed by atoms with Crippen LogP contribution in [0.4, 0.5) is 5.69 Å². The van der Waals surface area contributed by atoms with E-state index in [4.69, 9.17) is 34.8 Å². The van der Waals surface area contributed by atoms with Crippen molar-refractivity contribution in [2.45, 2.75) is 12.5 Å². The van der Waals surface area contributed by atoms with Gasteiger partial charge in [0.2, 0.25) is 0 Å². The van der Waals surface area contributed by atoms with Crippen LogP contribution in [0, 0.1) is 0 Å². The first-order chi connectivity index (χ1) is 11.1. The Hall–Kier alpha value is -0.930. The van der Waals surface area contributed by atoms with Crippen molar-refractivity contribution in [1.82, 2.24) is 4.90 Å². The summed E-state index contributed by atoms with van der Waals surface area (Å²) in [5.74, 6) is 0.812. The number of para-hydroxylation sites is 1. The molecule has 2 aromatic rings. The molecule has 0 radical (unpaired) electrons. The van der Waals surface area contributed by atoms with E-state index < -0.39 is 0 Å². The van der Waals surface area contributed by atoms with Gasteiger partial charge in [-0.15, -0.1) is 11.6 Å². The number of rotatable bonds is 4. The summed E-state index contributed by atoms with van der Waals surface area (Å²) in [6, 6.07) is 12.3. The Bertz CT molecular complexity index is 703. The standard InChI is InChI=1S/C18H19Cl3N2/c1-23-10-15(13-4-2-3-5-18(13)22-7-6-19)14-8-12(20)9-17(21)16(14)11-23/h2-5,8-9,15,22H,6-7,10-11H2,1H3/t15-/m0/s1. The smallest absolute Gasteiger partial charge is 0.0468 e. The summed E-state index contributed by atoms with van der Waals surface area (Å²) in [6.07, 6.45) is 0. The highest BCUT2D eigenvalue weighted by atomic mass is 35.5. The summed E-state index contributed by atoms with van der Waals surface area (Å²) in [4.78, 5) is 2.30. The van der Waals surface area contributed by atoms with Crippen molar-refractivity contribution in [3.05, 3.63) is 63.1 Å². The molecule has 0 bridgehead atoms. The predicted molar refractivity (Wildman–Crippen MR) is 100 cm³/mol. The largest absolute Gasteiger partial charge is 0.384 e. The number of nitrogens with zero attached hydrogens (tertiary/aromatic N) is 1. The number of alkyl halides is 1. The van der Waals surface area contributed by atoms with E-state index in [1.165, 1.54) is 16.7 Å². The Balaban J connectivity index is 2.08. The fraction of sp³-hybridized carbons (Fsp3) is 0.333. The molecule has 0 spiro atoms. The second-order valence-corrected chi connectivity index (χ2v) is 7.13. The average molecular weight is 370 g/mol. The quantitative estimate of drug-likeness (QED) is 0.743. The third-order valence-electron chi connectivity index (χ3n) is 4.24. The van der Waals surface area contributed by atoms with Crippen LogP contribution in [0.2, 0.25) is 10.0 Å². The van der Waals surface area contributed by atoms with Gasteiger partial charge in [-0.3, -0.25) is 0 Å². The van der Waals surface area contributed by atoms with E-state index in [0.717, 1.165) is 30.3 Å². The predicted octanol–water partition coefficient (Wildman–Crippen LogP) is 5.22. The molecular formula is C18H19Cl3N2. The van der Waals surface area contributed by atoms with Gasteiger partial charge in [-0.05, 0) is 41.9 Å². The molecule has 2 nitrogen and oxygen atoms in total. The maximum absolute atomic E-state index is 6.44. The molecule has 0 unspecified atom stereocenters. The lowest BCUT2D eigenvalue weighted by Crippen LogP contribution is -2.31. The van der Waals surface area contributed by atoms with E-state index in [0.29, 0.717) is 10.9 Å². The zero-order chi connectivity index (χ0) is 16.4. The number of benzene rings is 2. The lowest BCUT2D eigenvalue weighted by molar-refractivity contribution is 0.295. The van der Waals surface area contributed by atoms with E-state index in [1.807, 2.05) is 12.1 Å². The Labute approximate surface area is 152 Å². The third kappa shape index (κ3) is 3.61. The van der Waals surface area contributed by atoms with Crippen LogP contribution in [0.25, 0.3) is 0 Å². The van der Waals surface area contributed by atoms with E-state index in [1.54, 1.807) is 0 Å². The van der Waals surface area contributed by atoms with Crippen LogP contribution in [0.3, 0.4) is 0 Å². The van der Waals surface area contributed by atoms with Gasteiger partial charge in [-0.1, -0.05) is 41.4 Å². The summed E-state index contributed by atoms with van der Waals surface area (Å²) in [5.41, 5.74) is 4.77. The van der Waals surface area contributed by atoms with Crippen LogP contribution in [-0.4, -0.2) is 30.9 Å². The molecule has 1 aliphatic rings. The zero-order valence-electron chi connectivity index (χ0n) is 13.0. The molecule has 3 rings (SSSR count). The van der Waals surface area contributed by atoms with E-state index in [-0.39, 0.29) is 5.92 Å². The van der Waals surface area contributed by atoms with Crippen molar-refractivity contribution in [2.75, 3.05) is 31.3 Å². The summed E-state index contributed by atoms with van der Waals surface area (Å²) >= 11 is 18.5. The van der Waals surface area contributed by atoms with Gasteiger partial charge in [0.15, 0.2) is 0 Å². The van der Waals surface area contributed by atoms with Crippen molar-refractivity contribution in [2.24, 2.45) is 0 Å². The number of nitrogens with one attached hydrogen (secondary N) is 1. The van der Waals surface area contributed by atoms with E-state index in [9.17, 15) is 0 Å². The van der Waals surface area contributed by atoms with Crippen LogP contribution in [-0.2, 0) is 6.54 Å². The molecule has 0 aliphatic carbocycles. The molecule has 23 heavy (non-hydrogen) atoms. The van der Waals surface area contributed by atoms with Crippen molar-refractivity contribution in [3.63, 3.8) is 0 Å². The van der Waals surface area contributed by atoms with Gasteiger partial charge in [0.05, 0.1) is 0 Å². The molecule has 5 heteroatoms. The second-order valence-electron chi connectivity index (χ2n) is 5.91. The highest BCUT2D eigenvalue weighted by molar-refractivity contribution is 6.35. The fourth-order valence-corrected chi connectivity index (χ4v) is 3.92. The SMILES string of the molecule is CN1Cc2c(Cl)cc(Cl)cc2[C@H](c2ccccc2NCCCl)C1. The maximum atomic E-state index is 6.44. The van der Waals surface area contributed by atoms with Crippen molar-refractivity contribution in [1.29, 1.82) is 0 Å². The van der Waals surface area contributed by atoms with Gasteiger partial charge >= 0.3 is 0 Å². The van der Waals surface area contributed by atoms with Gasteiger partial charge in [0, 0.05) is 47.2 Å². The molecule has 2 aromatic carbocycles. The normalized spacial score (nSPS) is 17.8. The Morgan fingerprint density at radius 1 is 1.17 bits per heavy atom. The minimum atomic E-state index is 0.235. The zero-order valence-corrected chi connectivity index (χ0v) is 15.2.